The molecule has 1 aromatic heterocycles. The SMILES string of the molecule is COc1cc(NC(=O)COC(=O)c2[nH]c3ccccc3c2Cl)cc(OC)c1OC. The number of nitrogens with one attached hydrogen (secondary N) is 2. The zero-order valence-electron chi connectivity index (χ0n) is 16.0. The Bertz CT molecular complexity index is 1040. The minimum Gasteiger partial charge on any atom is -0.493 e. The Labute approximate surface area is 171 Å². The van der Waals surface area contributed by atoms with Gasteiger partial charge in [-0.3, -0.25) is 4.79 Å². The van der Waals surface area contributed by atoms with Gasteiger partial charge in [0.1, 0.15) is 5.69 Å². The average Bonchev–Trinajstić information content (AvgIpc) is 3.08. The van der Waals surface area contributed by atoms with Crippen LogP contribution in [0.1, 0.15) is 10.5 Å². The molecule has 29 heavy (non-hydrogen) atoms. The highest BCUT2D eigenvalue weighted by Crippen LogP contribution is 2.39. The second kappa shape index (κ2) is 8.74. The normalized spacial score (nSPS) is 10.5. The smallest absolute Gasteiger partial charge is 0.356 e. The first kappa shape index (κ1) is 20.3. The molecule has 0 fully saturated rings. The van der Waals surface area contributed by atoms with E-state index in [4.69, 9.17) is 30.5 Å². The molecule has 0 saturated heterocycles. The Morgan fingerprint density at radius 2 is 1.69 bits per heavy atom. The maximum absolute atomic E-state index is 12.3. The van der Waals surface area contributed by atoms with Crippen LogP contribution in [0, 0.1) is 0 Å². The van der Waals surface area contributed by atoms with Gasteiger partial charge in [-0.05, 0) is 6.07 Å². The van der Waals surface area contributed by atoms with Crippen LogP contribution in [0.5, 0.6) is 17.2 Å². The molecule has 1 amide bonds. The zero-order valence-corrected chi connectivity index (χ0v) is 16.8. The molecule has 9 heteroatoms. The van der Waals surface area contributed by atoms with E-state index in [0.29, 0.717) is 33.8 Å². The van der Waals surface area contributed by atoms with E-state index in [1.807, 2.05) is 12.1 Å². The number of fused-ring (bicyclic) bond motifs is 1. The summed E-state index contributed by atoms with van der Waals surface area (Å²) in [6.45, 7) is -0.499. The lowest BCUT2D eigenvalue weighted by atomic mass is 10.2. The Kier molecular flexibility index (Phi) is 6.13. The summed E-state index contributed by atoms with van der Waals surface area (Å²) in [6, 6.07) is 10.3. The van der Waals surface area contributed by atoms with Gasteiger partial charge in [-0.25, -0.2) is 4.79 Å². The summed E-state index contributed by atoms with van der Waals surface area (Å²) in [7, 11) is 4.41. The fraction of sp³-hybridized carbons (Fsp3) is 0.200. The molecular formula is C20H19ClN2O6. The summed E-state index contributed by atoms with van der Waals surface area (Å²) < 4.78 is 20.8. The summed E-state index contributed by atoms with van der Waals surface area (Å²) in [5.41, 5.74) is 1.18. The number of hydrogen-bond acceptors (Lipinski definition) is 6. The van der Waals surface area contributed by atoms with Gasteiger partial charge in [-0.15, -0.1) is 0 Å². The molecular weight excluding hydrogens is 400 g/mol. The van der Waals surface area contributed by atoms with Crippen molar-refractivity contribution in [1.29, 1.82) is 0 Å². The van der Waals surface area contributed by atoms with Crippen molar-refractivity contribution in [2.75, 3.05) is 33.3 Å². The van der Waals surface area contributed by atoms with Crippen molar-refractivity contribution in [2.45, 2.75) is 0 Å². The lowest BCUT2D eigenvalue weighted by molar-refractivity contribution is -0.119. The molecule has 3 rings (SSSR count). The Hall–Kier alpha value is -3.39. The van der Waals surface area contributed by atoms with E-state index < -0.39 is 18.5 Å². The maximum Gasteiger partial charge on any atom is 0.356 e. The van der Waals surface area contributed by atoms with Crippen LogP contribution in [-0.4, -0.2) is 44.8 Å². The van der Waals surface area contributed by atoms with Gasteiger partial charge in [-0.1, -0.05) is 29.8 Å². The fourth-order valence-corrected chi connectivity index (χ4v) is 3.09. The summed E-state index contributed by atoms with van der Waals surface area (Å²) in [6.07, 6.45) is 0. The zero-order chi connectivity index (χ0) is 21.0. The Morgan fingerprint density at radius 1 is 1.03 bits per heavy atom. The number of esters is 1. The number of para-hydroxylation sites is 1. The van der Waals surface area contributed by atoms with Gasteiger partial charge in [0.2, 0.25) is 5.75 Å². The second-order valence-electron chi connectivity index (χ2n) is 5.90. The van der Waals surface area contributed by atoms with Crippen LogP contribution >= 0.6 is 11.6 Å². The highest BCUT2D eigenvalue weighted by Gasteiger charge is 2.19. The van der Waals surface area contributed by atoms with Crippen LogP contribution in [-0.2, 0) is 9.53 Å². The van der Waals surface area contributed by atoms with E-state index in [1.54, 1.807) is 24.3 Å². The van der Waals surface area contributed by atoms with Gasteiger partial charge in [0.25, 0.3) is 5.91 Å². The number of H-pyrrole nitrogens is 1. The number of halogens is 1. The second-order valence-corrected chi connectivity index (χ2v) is 6.28. The van der Waals surface area contributed by atoms with Crippen LogP contribution in [0.25, 0.3) is 10.9 Å². The molecule has 0 bridgehead atoms. The third-order valence-electron chi connectivity index (χ3n) is 4.13. The molecule has 0 spiro atoms. The first-order chi connectivity index (χ1) is 14.0. The highest BCUT2D eigenvalue weighted by atomic mass is 35.5. The molecule has 0 unspecified atom stereocenters. The van der Waals surface area contributed by atoms with Crippen molar-refractivity contribution in [3.05, 3.63) is 47.1 Å². The number of hydrogen-bond donors (Lipinski definition) is 2. The number of ether oxygens (including phenoxy) is 4. The number of carbonyl (C=O) groups is 2. The maximum atomic E-state index is 12.3. The molecule has 2 aromatic carbocycles. The van der Waals surface area contributed by atoms with Crippen LogP contribution in [0.4, 0.5) is 5.69 Å². The van der Waals surface area contributed by atoms with Gasteiger partial charge >= 0.3 is 5.97 Å². The molecule has 3 aromatic rings. The number of anilines is 1. The standard InChI is InChI=1S/C20H19ClN2O6/c1-26-14-8-11(9-15(27-2)19(14)28-3)22-16(24)10-29-20(25)18-17(21)12-6-4-5-7-13(12)23-18/h4-9,23H,10H2,1-3H3,(H,22,24). The van der Waals surface area contributed by atoms with Crippen LogP contribution in [0.15, 0.2) is 36.4 Å². The third-order valence-corrected chi connectivity index (χ3v) is 4.52. The van der Waals surface area contributed by atoms with Crippen molar-refractivity contribution >= 4 is 40.1 Å². The van der Waals surface area contributed by atoms with Crippen molar-refractivity contribution in [1.82, 2.24) is 4.98 Å². The topological polar surface area (TPSA) is 98.9 Å². The molecule has 0 aliphatic rings. The minimum atomic E-state index is -0.730. The van der Waals surface area contributed by atoms with E-state index in [9.17, 15) is 9.59 Å². The monoisotopic (exact) mass is 418 g/mol. The van der Waals surface area contributed by atoms with Crippen molar-refractivity contribution in [3.63, 3.8) is 0 Å². The van der Waals surface area contributed by atoms with E-state index in [2.05, 4.69) is 10.3 Å². The molecule has 2 N–H and O–H groups in total. The van der Waals surface area contributed by atoms with Crippen LogP contribution < -0.4 is 19.5 Å². The number of rotatable bonds is 7. The number of carbonyl (C=O) groups excluding carboxylic acids is 2. The summed E-state index contributed by atoms with van der Waals surface area (Å²) in [4.78, 5) is 27.4. The van der Waals surface area contributed by atoms with E-state index in [1.165, 1.54) is 21.3 Å². The number of benzene rings is 2. The number of amides is 1. The average molecular weight is 419 g/mol. The lowest BCUT2D eigenvalue weighted by Gasteiger charge is -2.14. The molecule has 0 radical (unpaired) electrons. The summed E-state index contributed by atoms with van der Waals surface area (Å²) >= 11 is 6.22. The van der Waals surface area contributed by atoms with Crippen molar-refractivity contribution < 1.29 is 28.5 Å². The van der Waals surface area contributed by atoms with Gasteiger partial charge in [-0.2, -0.15) is 0 Å². The van der Waals surface area contributed by atoms with Gasteiger partial charge in [0.15, 0.2) is 18.1 Å². The van der Waals surface area contributed by atoms with Gasteiger partial charge in [0.05, 0.1) is 26.4 Å². The molecule has 0 saturated carbocycles. The van der Waals surface area contributed by atoms with Gasteiger partial charge in [0, 0.05) is 28.7 Å². The molecule has 8 nitrogen and oxygen atoms in total. The van der Waals surface area contributed by atoms with E-state index in [0.717, 1.165) is 0 Å². The first-order valence-electron chi connectivity index (χ1n) is 8.51. The Balaban J connectivity index is 1.68. The molecule has 1 heterocycles. The predicted molar refractivity (Wildman–Crippen MR) is 108 cm³/mol. The predicted octanol–water partition coefficient (Wildman–Crippen LogP) is 3.64. The number of aromatic nitrogens is 1. The minimum absolute atomic E-state index is 0.0912. The quantitative estimate of drug-likeness (QED) is 0.568. The van der Waals surface area contributed by atoms with Crippen LogP contribution in [0.3, 0.4) is 0 Å². The lowest BCUT2D eigenvalue weighted by Crippen LogP contribution is -2.21. The number of methoxy groups -OCH3 is 3. The van der Waals surface area contributed by atoms with Crippen molar-refractivity contribution in [3.8, 4) is 17.2 Å². The van der Waals surface area contributed by atoms with E-state index in [-0.39, 0.29) is 10.7 Å². The van der Waals surface area contributed by atoms with Crippen LogP contribution in [0.2, 0.25) is 5.02 Å². The van der Waals surface area contributed by atoms with Crippen molar-refractivity contribution in [2.24, 2.45) is 0 Å². The molecule has 0 aliphatic heterocycles. The number of aromatic amines is 1. The molecule has 152 valence electrons. The third kappa shape index (κ3) is 4.22. The molecule has 0 aliphatic carbocycles. The summed E-state index contributed by atoms with van der Waals surface area (Å²) in [5, 5.41) is 3.56. The summed E-state index contributed by atoms with van der Waals surface area (Å²) in [5.74, 6) is -0.119. The first-order valence-corrected chi connectivity index (χ1v) is 8.89. The Morgan fingerprint density at radius 3 is 2.28 bits per heavy atom. The van der Waals surface area contributed by atoms with Gasteiger partial charge < -0.3 is 29.2 Å². The largest absolute Gasteiger partial charge is 0.493 e. The fourth-order valence-electron chi connectivity index (χ4n) is 2.80. The molecule has 0 atom stereocenters. The van der Waals surface area contributed by atoms with E-state index >= 15 is 0 Å². The highest BCUT2D eigenvalue weighted by molar-refractivity contribution is 6.38.